The van der Waals surface area contributed by atoms with Gasteiger partial charge in [-0.1, -0.05) is 48.5 Å². The number of rotatable bonds is 6. The summed E-state index contributed by atoms with van der Waals surface area (Å²) in [6.45, 7) is 0. The topological polar surface area (TPSA) is 87.1 Å². The van der Waals surface area contributed by atoms with Crippen LogP contribution in [0.4, 0.5) is 10.5 Å². The molecule has 7 rings (SSSR count). The molecule has 0 N–H and O–H groups in total. The molecule has 4 aromatic carbocycles. The van der Waals surface area contributed by atoms with Crippen LogP contribution in [-0.2, 0) is 18.4 Å². The first-order valence-electron chi connectivity index (χ1n) is 13.5. The van der Waals surface area contributed by atoms with Crippen molar-refractivity contribution in [3.63, 3.8) is 0 Å². The van der Waals surface area contributed by atoms with E-state index in [0.717, 1.165) is 11.1 Å². The van der Waals surface area contributed by atoms with Crippen molar-refractivity contribution in [1.29, 1.82) is 0 Å². The number of para-hydroxylation sites is 2. The van der Waals surface area contributed by atoms with Crippen LogP contribution in [0.25, 0.3) is 10.9 Å². The predicted octanol–water partition coefficient (Wildman–Crippen LogP) is 6.19. The number of hydrogen-bond acceptors (Lipinski definition) is 6. The van der Waals surface area contributed by atoms with Crippen LogP contribution in [0.1, 0.15) is 32.0 Å². The zero-order valence-electron chi connectivity index (χ0n) is 23.0. The van der Waals surface area contributed by atoms with Gasteiger partial charge in [0.15, 0.2) is 17.1 Å². The normalized spacial score (nSPS) is 17.0. The highest BCUT2D eigenvalue weighted by molar-refractivity contribution is 6.22. The molecule has 0 aliphatic carbocycles. The maximum atomic E-state index is 14.7. The van der Waals surface area contributed by atoms with E-state index in [0.29, 0.717) is 39.3 Å². The molecule has 2 aliphatic rings. The zero-order chi connectivity index (χ0) is 29.0. The molecule has 208 valence electrons. The number of carbonyl (C=O) groups is 3. The molecule has 1 aromatic heterocycles. The molecule has 2 aliphatic heterocycles. The highest BCUT2D eigenvalue weighted by Crippen LogP contribution is 2.54. The molecule has 0 radical (unpaired) electrons. The van der Waals surface area contributed by atoms with Gasteiger partial charge in [0.25, 0.3) is 0 Å². The molecule has 1 amide bonds. The van der Waals surface area contributed by atoms with Crippen LogP contribution in [0, 0.1) is 0 Å². The molecule has 0 saturated carbocycles. The number of methoxy groups -OCH3 is 2. The summed E-state index contributed by atoms with van der Waals surface area (Å²) in [5.41, 5.74) is 1.77. The monoisotopic (exact) mass is 558 g/mol. The fraction of sp³-hybridized carbons (Fsp3) is 0.147. The average Bonchev–Trinajstić information content (AvgIpc) is 3.49. The molecule has 8 heteroatoms. The third-order valence-electron chi connectivity index (χ3n) is 8.12. The summed E-state index contributed by atoms with van der Waals surface area (Å²) in [7, 11) is 3.17. The average molecular weight is 559 g/mol. The van der Waals surface area contributed by atoms with Crippen LogP contribution < -0.4 is 19.1 Å². The van der Waals surface area contributed by atoms with E-state index in [1.54, 1.807) is 55.2 Å². The Morgan fingerprint density at radius 1 is 0.786 bits per heavy atom. The third kappa shape index (κ3) is 3.65. The number of benzene rings is 4. The molecule has 1 unspecified atom stereocenters. The predicted molar refractivity (Wildman–Crippen MR) is 157 cm³/mol. The Bertz CT molecular complexity index is 1890. The van der Waals surface area contributed by atoms with Crippen molar-refractivity contribution in [1.82, 2.24) is 4.57 Å². The van der Waals surface area contributed by atoms with Gasteiger partial charge in [-0.25, -0.2) is 4.79 Å². The van der Waals surface area contributed by atoms with Crippen molar-refractivity contribution >= 4 is 34.4 Å². The van der Waals surface area contributed by atoms with E-state index >= 15 is 0 Å². The highest BCUT2D eigenvalue weighted by Gasteiger charge is 2.62. The van der Waals surface area contributed by atoms with Gasteiger partial charge >= 0.3 is 6.09 Å². The lowest BCUT2D eigenvalue weighted by Gasteiger charge is -2.40. The SMILES string of the molecule is COc1ccc(CC(=O)n2c3c(c4ccccc42)OC(=O)N2c4ccccc4C(=O)C32Cc2ccc(OC)cc2)cc1. The summed E-state index contributed by atoms with van der Waals surface area (Å²) >= 11 is 0. The Labute approximate surface area is 241 Å². The van der Waals surface area contributed by atoms with E-state index in [1.807, 2.05) is 60.7 Å². The second-order valence-electron chi connectivity index (χ2n) is 10.4. The Morgan fingerprint density at radius 3 is 2.10 bits per heavy atom. The molecule has 3 heterocycles. The molecular weight excluding hydrogens is 532 g/mol. The van der Waals surface area contributed by atoms with E-state index in [2.05, 4.69) is 0 Å². The second kappa shape index (κ2) is 9.62. The number of anilines is 1. The van der Waals surface area contributed by atoms with E-state index in [9.17, 15) is 14.4 Å². The minimum atomic E-state index is -1.56. The van der Waals surface area contributed by atoms with Gasteiger partial charge in [0.1, 0.15) is 17.2 Å². The Hall–Kier alpha value is -5.37. The van der Waals surface area contributed by atoms with Crippen LogP contribution in [0.15, 0.2) is 97.1 Å². The number of fused-ring (bicyclic) bond motifs is 7. The molecule has 1 atom stereocenters. The van der Waals surface area contributed by atoms with Crippen molar-refractivity contribution in [2.75, 3.05) is 19.1 Å². The molecule has 0 bridgehead atoms. The van der Waals surface area contributed by atoms with Crippen LogP contribution >= 0.6 is 0 Å². The molecule has 0 saturated heterocycles. The maximum Gasteiger partial charge on any atom is 0.421 e. The first kappa shape index (κ1) is 25.6. The summed E-state index contributed by atoms with van der Waals surface area (Å²) in [6, 6.07) is 28.9. The van der Waals surface area contributed by atoms with E-state index < -0.39 is 11.6 Å². The summed E-state index contributed by atoms with van der Waals surface area (Å²) in [6.07, 6.45) is -0.485. The number of aromatic nitrogens is 1. The standard InChI is InChI=1S/C34H26N2O6/c1-40-23-15-11-21(12-16-23)19-29(37)35-27-9-5-3-7-25(27)30-31(35)34(20-22-13-17-24(41-2)18-14-22)32(38)26-8-4-6-10-28(26)36(34)33(39)42-30/h3-18H,19-20H2,1-2H3. The van der Waals surface area contributed by atoms with E-state index in [1.165, 1.54) is 4.90 Å². The van der Waals surface area contributed by atoms with E-state index in [4.69, 9.17) is 14.2 Å². The number of hydrogen-bond donors (Lipinski definition) is 0. The number of ether oxygens (including phenoxy) is 3. The minimum Gasteiger partial charge on any atom is -0.497 e. The first-order valence-corrected chi connectivity index (χ1v) is 13.5. The molecule has 0 fully saturated rings. The summed E-state index contributed by atoms with van der Waals surface area (Å²) in [5.74, 6) is 1.05. The quantitative estimate of drug-likeness (QED) is 0.247. The molecule has 8 nitrogen and oxygen atoms in total. The number of ketones is 1. The van der Waals surface area contributed by atoms with Crippen molar-refractivity contribution in [2.24, 2.45) is 0 Å². The van der Waals surface area contributed by atoms with Crippen molar-refractivity contribution in [2.45, 2.75) is 18.4 Å². The van der Waals surface area contributed by atoms with Gasteiger partial charge in [-0.15, -0.1) is 0 Å². The Morgan fingerprint density at radius 2 is 1.40 bits per heavy atom. The lowest BCUT2D eigenvalue weighted by Crippen LogP contribution is -2.57. The third-order valence-corrected chi connectivity index (χ3v) is 8.12. The van der Waals surface area contributed by atoms with Crippen molar-refractivity contribution < 1.29 is 28.6 Å². The van der Waals surface area contributed by atoms with Gasteiger partial charge in [0.05, 0.1) is 31.8 Å². The summed E-state index contributed by atoms with van der Waals surface area (Å²) in [5, 5.41) is 0.585. The molecule has 0 spiro atoms. The van der Waals surface area contributed by atoms with Crippen molar-refractivity contribution in [3.05, 3.63) is 119 Å². The van der Waals surface area contributed by atoms with Gasteiger partial charge in [-0.2, -0.15) is 0 Å². The maximum absolute atomic E-state index is 14.7. The van der Waals surface area contributed by atoms with Gasteiger partial charge in [0, 0.05) is 17.4 Å². The van der Waals surface area contributed by atoms with Gasteiger partial charge in [-0.05, 0) is 59.7 Å². The minimum absolute atomic E-state index is 0.0583. The largest absolute Gasteiger partial charge is 0.497 e. The van der Waals surface area contributed by atoms with Crippen LogP contribution in [-0.4, -0.2) is 36.6 Å². The number of amides is 1. The highest BCUT2D eigenvalue weighted by atomic mass is 16.6. The van der Waals surface area contributed by atoms with Gasteiger partial charge in [0.2, 0.25) is 5.91 Å². The van der Waals surface area contributed by atoms with Crippen LogP contribution in [0.3, 0.4) is 0 Å². The Balaban J connectivity index is 1.48. The summed E-state index contributed by atoms with van der Waals surface area (Å²) in [4.78, 5) is 44.2. The molecule has 42 heavy (non-hydrogen) atoms. The van der Waals surface area contributed by atoms with Crippen molar-refractivity contribution in [3.8, 4) is 17.2 Å². The zero-order valence-corrected chi connectivity index (χ0v) is 23.0. The van der Waals surface area contributed by atoms with Gasteiger partial charge < -0.3 is 14.2 Å². The molecular formula is C34H26N2O6. The number of nitrogens with zero attached hydrogens (tertiary/aromatic N) is 2. The first-order chi connectivity index (χ1) is 20.5. The van der Waals surface area contributed by atoms with Gasteiger partial charge in [-0.3, -0.25) is 19.1 Å². The Kier molecular flexibility index (Phi) is 5.86. The molecule has 5 aromatic rings. The lowest BCUT2D eigenvalue weighted by atomic mass is 9.81. The van der Waals surface area contributed by atoms with Crippen LogP contribution in [0.5, 0.6) is 17.2 Å². The summed E-state index contributed by atoms with van der Waals surface area (Å²) < 4.78 is 18.2. The fourth-order valence-corrected chi connectivity index (χ4v) is 6.22. The van der Waals surface area contributed by atoms with Crippen LogP contribution in [0.2, 0.25) is 0 Å². The number of carbonyl (C=O) groups excluding carboxylic acids is 3. The lowest BCUT2D eigenvalue weighted by molar-refractivity contribution is 0.0851. The number of Topliss-reactive ketones (excluding diaryl/α,β-unsaturated/α-hetero) is 1. The fourth-order valence-electron chi connectivity index (χ4n) is 6.22. The smallest absolute Gasteiger partial charge is 0.421 e. The van der Waals surface area contributed by atoms with E-state index in [-0.39, 0.29) is 30.3 Å². The second-order valence-corrected chi connectivity index (χ2v) is 10.4.